The Bertz CT molecular complexity index is 646. The van der Waals surface area contributed by atoms with E-state index < -0.39 is 11.6 Å². The molecule has 0 radical (unpaired) electrons. The van der Waals surface area contributed by atoms with E-state index in [4.69, 9.17) is 47.3 Å². The SMILES string of the molecule is COc1c(Cl)ccc(Cl)c1C(=O)OCCOC(C)(C)CCOC(C)(C)CCO. The first kappa shape index (κ1) is 25.0. The van der Waals surface area contributed by atoms with Crippen molar-refractivity contribution in [3.05, 3.63) is 27.7 Å². The highest BCUT2D eigenvalue weighted by Crippen LogP contribution is 2.34. The fraction of sp³-hybridized carbons (Fsp3) is 0.650. The molecule has 0 saturated heterocycles. The standard InChI is InChI=1S/C20H30Cl2O6/c1-19(2,8-10-23)27-11-9-20(3,4)28-13-12-26-18(24)16-14(21)6-7-15(22)17(16)25-5/h6-7,23H,8-13H2,1-5H3. The molecule has 6 nitrogen and oxygen atoms in total. The van der Waals surface area contributed by atoms with E-state index in [0.29, 0.717) is 19.4 Å². The minimum absolute atomic E-state index is 0.0606. The Hall–Kier alpha value is -1.05. The zero-order valence-electron chi connectivity index (χ0n) is 17.1. The van der Waals surface area contributed by atoms with Crippen LogP contribution in [-0.4, -0.2) is 55.8 Å². The van der Waals surface area contributed by atoms with E-state index in [1.807, 2.05) is 27.7 Å². The molecule has 8 heteroatoms. The van der Waals surface area contributed by atoms with E-state index in [2.05, 4.69) is 0 Å². The van der Waals surface area contributed by atoms with Gasteiger partial charge in [-0.25, -0.2) is 4.79 Å². The minimum atomic E-state index is -0.625. The molecule has 1 aromatic carbocycles. The molecule has 1 rings (SSSR count). The molecule has 0 aliphatic rings. The normalized spacial score (nSPS) is 12.1. The Morgan fingerprint density at radius 3 is 2.14 bits per heavy atom. The van der Waals surface area contributed by atoms with Gasteiger partial charge in [0.05, 0.1) is 41.6 Å². The molecular weight excluding hydrogens is 407 g/mol. The second kappa shape index (κ2) is 11.2. The lowest BCUT2D eigenvalue weighted by atomic mass is 10.0. The molecule has 1 N–H and O–H groups in total. The summed E-state index contributed by atoms with van der Waals surface area (Å²) >= 11 is 12.1. The Balaban J connectivity index is 2.46. The Kier molecular flexibility index (Phi) is 10.0. The smallest absolute Gasteiger partial charge is 0.343 e. The molecule has 0 aliphatic carbocycles. The maximum absolute atomic E-state index is 12.3. The van der Waals surface area contributed by atoms with Crippen LogP contribution in [0.4, 0.5) is 0 Å². The molecule has 0 unspecified atom stereocenters. The molecule has 0 aliphatic heterocycles. The van der Waals surface area contributed by atoms with Crippen LogP contribution in [0.1, 0.15) is 50.9 Å². The summed E-state index contributed by atoms with van der Waals surface area (Å²) in [4.78, 5) is 12.3. The lowest BCUT2D eigenvalue weighted by Crippen LogP contribution is -2.32. The summed E-state index contributed by atoms with van der Waals surface area (Å²) in [5.74, 6) is -0.442. The van der Waals surface area contributed by atoms with E-state index in [1.165, 1.54) is 13.2 Å². The maximum Gasteiger partial charge on any atom is 0.343 e. The number of methoxy groups -OCH3 is 1. The number of hydrogen-bond donors (Lipinski definition) is 1. The van der Waals surface area contributed by atoms with Gasteiger partial charge in [0, 0.05) is 6.61 Å². The third-order valence-corrected chi connectivity index (χ3v) is 4.80. The molecule has 160 valence electrons. The molecule has 28 heavy (non-hydrogen) atoms. The summed E-state index contributed by atoms with van der Waals surface area (Å²) in [6, 6.07) is 3.07. The molecule has 1 aromatic rings. The van der Waals surface area contributed by atoms with Crippen LogP contribution >= 0.6 is 23.2 Å². The van der Waals surface area contributed by atoms with Gasteiger partial charge in [0.15, 0.2) is 5.75 Å². The number of hydrogen-bond acceptors (Lipinski definition) is 6. The molecule has 0 amide bonds. The van der Waals surface area contributed by atoms with Crippen molar-refractivity contribution in [1.82, 2.24) is 0 Å². The lowest BCUT2D eigenvalue weighted by Gasteiger charge is -2.29. The summed E-state index contributed by atoms with van der Waals surface area (Å²) in [5.41, 5.74) is -0.738. The van der Waals surface area contributed by atoms with Crippen LogP contribution in [0.3, 0.4) is 0 Å². The Labute approximate surface area is 177 Å². The Morgan fingerprint density at radius 1 is 0.964 bits per heavy atom. The van der Waals surface area contributed by atoms with Crippen LogP contribution in [0.2, 0.25) is 10.0 Å². The number of benzene rings is 1. The van der Waals surface area contributed by atoms with Crippen LogP contribution in [-0.2, 0) is 14.2 Å². The zero-order chi connectivity index (χ0) is 21.4. The zero-order valence-corrected chi connectivity index (χ0v) is 18.7. The van der Waals surface area contributed by atoms with Crippen molar-refractivity contribution in [3.63, 3.8) is 0 Å². The van der Waals surface area contributed by atoms with Crippen molar-refractivity contribution in [2.75, 3.05) is 33.5 Å². The van der Waals surface area contributed by atoms with Crippen molar-refractivity contribution < 1.29 is 28.8 Å². The third-order valence-electron chi connectivity index (χ3n) is 4.19. The van der Waals surface area contributed by atoms with E-state index in [9.17, 15) is 4.79 Å². The fourth-order valence-corrected chi connectivity index (χ4v) is 2.89. The molecule has 0 atom stereocenters. The second-order valence-electron chi connectivity index (χ2n) is 7.51. The Morgan fingerprint density at radius 2 is 1.54 bits per heavy atom. The summed E-state index contributed by atoms with van der Waals surface area (Å²) in [6.07, 6.45) is 1.23. The monoisotopic (exact) mass is 436 g/mol. The predicted molar refractivity (Wildman–Crippen MR) is 110 cm³/mol. The highest BCUT2D eigenvalue weighted by Gasteiger charge is 2.24. The van der Waals surface area contributed by atoms with E-state index in [1.54, 1.807) is 6.07 Å². The number of rotatable bonds is 12. The number of carbonyl (C=O) groups excluding carboxylic acids is 1. The van der Waals surface area contributed by atoms with E-state index in [0.717, 1.165) is 0 Å². The van der Waals surface area contributed by atoms with Gasteiger partial charge in [-0.2, -0.15) is 0 Å². The van der Waals surface area contributed by atoms with Gasteiger partial charge in [-0.3, -0.25) is 0 Å². The number of halogens is 2. The molecule has 0 saturated carbocycles. The lowest BCUT2D eigenvalue weighted by molar-refractivity contribution is -0.0840. The van der Waals surface area contributed by atoms with Crippen molar-refractivity contribution in [2.24, 2.45) is 0 Å². The average Bonchev–Trinajstić information content (AvgIpc) is 2.59. The highest BCUT2D eigenvalue weighted by molar-refractivity contribution is 6.37. The molecule has 0 bridgehead atoms. The second-order valence-corrected chi connectivity index (χ2v) is 8.33. The average molecular weight is 437 g/mol. The number of carbonyl (C=O) groups is 1. The summed E-state index contributed by atoms with van der Waals surface area (Å²) in [6.45, 7) is 8.61. The molecular formula is C20H30Cl2O6. The van der Waals surface area contributed by atoms with E-state index >= 15 is 0 Å². The summed E-state index contributed by atoms with van der Waals surface area (Å²) < 4.78 is 22.0. The number of aliphatic hydroxyl groups is 1. The molecule has 0 aromatic heterocycles. The highest BCUT2D eigenvalue weighted by atomic mass is 35.5. The quantitative estimate of drug-likeness (QED) is 0.383. The first-order valence-corrected chi connectivity index (χ1v) is 9.86. The summed E-state index contributed by atoms with van der Waals surface area (Å²) in [5, 5.41) is 9.51. The predicted octanol–water partition coefficient (Wildman–Crippen LogP) is 4.52. The molecule has 0 heterocycles. The fourth-order valence-electron chi connectivity index (χ4n) is 2.43. The number of aliphatic hydroxyl groups excluding tert-OH is 1. The third kappa shape index (κ3) is 8.13. The first-order chi connectivity index (χ1) is 13.0. The van der Waals surface area contributed by atoms with Gasteiger partial charge in [0.1, 0.15) is 12.2 Å². The van der Waals surface area contributed by atoms with Crippen molar-refractivity contribution >= 4 is 29.2 Å². The summed E-state index contributed by atoms with van der Waals surface area (Å²) in [7, 11) is 1.41. The van der Waals surface area contributed by atoms with Crippen molar-refractivity contribution in [1.29, 1.82) is 0 Å². The van der Waals surface area contributed by atoms with Gasteiger partial charge in [-0.15, -0.1) is 0 Å². The first-order valence-electron chi connectivity index (χ1n) is 9.11. The van der Waals surface area contributed by atoms with Crippen LogP contribution < -0.4 is 4.74 Å². The van der Waals surface area contributed by atoms with Crippen LogP contribution in [0.25, 0.3) is 0 Å². The van der Waals surface area contributed by atoms with Gasteiger partial charge in [0.25, 0.3) is 0 Å². The largest absolute Gasteiger partial charge is 0.494 e. The number of ether oxygens (including phenoxy) is 4. The van der Waals surface area contributed by atoms with Crippen LogP contribution in [0, 0.1) is 0 Å². The van der Waals surface area contributed by atoms with Crippen molar-refractivity contribution in [3.8, 4) is 5.75 Å². The number of esters is 1. The van der Waals surface area contributed by atoms with Gasteiger partial charge in [-0.05, 0) is 52.7 Å². The van der Waals surface area contributed by atoms with Gasteiger partial charge in [-0.1, -0.05) is 23.2 Å². The minimum Gasteiger partial charge on any atom is -0.494 e. The topological polar surface area (TPSA) is 74.2 Å². The van der Waals surface area contributed by atoms with Gasteiger partial charge < -0.3 is 24.1 Å². The molecule has 0 fully saturated rings. The molecule has 0 spiro atoms. The van der Waals surface area contributed by atoms with E-state index in [-0.39, 0.29) is 46.8 Å². The van der Waals surface area contributed by atoms with Gasteiger partial charge in [0.2, 0.25) is 0 Å². The maximum atomic E-state index is 12.3. The van der Waals surface area contributed by atoms with Crippen molar-refractivity contribution in [2.45, 2.75) is 51.7 Å². The van der Waals surface area contributed by atoms with Crippen LogP contribution in [0.15, 0.2) is 12.1 Å². The van der Waals surface area contributed by atoms with Crippen LogP contribution in [0.5, 0.6) is 5.75 Å². The van der Waals surface area contributed by atoms with Gasteiger partial charge >= 0.3 is 5.97 Å².